The number of hydrogen-bond donors (Lipinski definition) is 2. The third-order valence-electron chi connectivity index (χ3n) is 4.48. The summed E-state index contributed by atoms with van der Waals surface area (Å²) in [6, 6.07) is 26.0. The number of nitrogens with one attached hydrogen (secondary N) is 1. The van der Waals surface area contributed by atoms with Crippen LogP contribution in [0.5, 0.6) is 5.75 Å². The summed E-state index contributed by atoms with van der Waals surface area (Å²) in [6.45, 7) is 2.35. The molecule has 0 heterocycles. The Bertz CT molecular complexity index is 899. The minimum Gasteiger partial charge on any atom is -0.489 e. The number of rotatable bonds is 8. The highest BCUT2D eigenvalue weighted by atomic mass is 16.5. The van der Waals surface area contributed by atoms with E-state index in [1.807, 2.05) is 72.8 Å². The van der Waals surface area contributed by atoms with Crippen LogP contribution in [0.2, 0.25) is 0 Å². The summed E-state index contributed by atoms with van der Waals surface area (Å²) in [7, 11) is 0. The van der Waals surface area contributed by atoms with Crippen molar-refractivity contribution >= 4 is 6.09 Å². The maximum absolute atomic E-state index is 12.0. The van der Waals surface area contributed by atoms with E-state index in [4.69, 9.17) is 9.47 Å². The van der Waals surface area contributed by atoms with E-state index in [9.17, 15) is 9.90 Å². The van der Waals surface area contributed by atoms with Crippen molar-refractivity contribution < 1.29 is 19.4 Å². The Hall–Kier alpha value is -3.31. The first-order chi connectivity index (χ1) is 14.1. The van der Waals surface area contributed by atoms with Crippen LogP contribution in [-0.2, 0) is 18.0 Å². The molecule has 1 unspecified atom stereocenters. The van der Waals surface area contributed by atoms with E-state index < -0.39 is 18.2 Å². The summed E-state index contributed by atoms with van der Waals surface area (Å²) < 4.78 is 11.0. The van der Waals surface area contributed by atoms with E-state index in [0.29, 0.717) is 17.9 Å². The number of carbonyl (C=O) groups is 1. The minimum absolute atomic E-state index is 0.179. The van der Waals surface area contributed by atoms with Gasteiger partial charge in [0.1, 0.15) is 19.0 Å². The van der Waals surface area contributed by atoms with Crippen molar-refractivity contribution in [3.63, 3.8) is 0 Å². The first-order valence-electron chi connectivity index (χ1n) is 9.54. The van der Waals surface area contributed by atoms with Gasteiger partial charge in [-0.05, 0) is 35.7 Å². The van der Waals surface area contributed by atoms with Gasteiger partial charge in [-0.1, -0.05) is 72.8 Å². The molecule has 5 heteroatoms. The Morgan fingerprint density at radius 1 is 0.897 bits per heavy atom. The average molecular weight is 391 g/mol. The van der Waals surface area contributed by atoms with Crippen LogP contribution in [-0.4, -0.2) is 17.2 Å². The monoisotopic (exact) mass is 391 g/mol. The first-order valence-corrected chi connectivity index (χ1v) is 9.54. The number of hydrogen-bond acceptors (Lipinski definition) is 4. The summed E-state index contributed by atoms with van der Waals surface area (Å²) in [5.41, 5.74) is 2.63. The molecule has 0 fully saturated rings. The third kappa shape index (κ3) is 6.36. The summed E-state index contributed by atoms with van der Waals surface area (Å²) in [5.74, 6) is 0.657. The van der Waals surface area contributed by atoms with Crippen LogP contribution >= 0.6 is 0 Å². The van der Waals surface area contributed by atoms with Gasteiger partial charge >= 0.3 is 6.09 Å². The Morgan fingerprint density at radius 3 is 2.17 bits per heavy atom. The maximum atomic E-state index is 12.0. The molecule has 0 saturated carbocycles. The van der Waals surface area contributed by atoms with Gasteiger partial charge in [-0.15, -0.1) is 0 Å². The molecular weight excluding hydrogens is 366 g/mol. The Labute approximate surface area is 170 Å². The molecule has 29 heavy (non-hydrogen) atoms. The van der Waals surface area contributed by atoms with Gasteiger partial charge in [-0.2, -0.15) is 0 Å². The van der Waals surface area contributed by atoms with Gasteiger partial charge in [0.05, 0.1) is 12.1 Å². The highest BCUT2D eigenvalue weighted by Crippen LogP contribution is 2.22. The van der Waals surface area contributed by atoms with Gasteiger partial charge in [-0.25, -0.2) is 4.79 Å². The van der Waals surface area contributed by atoms with Crippen molar-refractivity contribution in [2.75, 3.05) is 0 Å². The lowest BCUT2D eigenvalue weighted by molar-refractivity contribution is 0.106. The molecule has 150 valence electrons. The molecule has 0 spiro atoms. The van der Waals surface area contributed by atoms with E-state index in [0.717, 1.165) is 11.1 Å². The van der Waals surface area contributed by atoms with Gasteiger partial charge in [0.15, 0.2) is 0 Å². The Balaban J connectivity index is 1.52. The summed E-state index contributed by atoms with van der Waals surface area (Å²) >= 11 is 0. The van der Waals surface area contributed by atoms with Crippen LogP contribution in [0.25, 0.3) is 0 Å². The largest absolute Gasteiger partial charge is 0.489 e. The van der Waals surface area contributed by atoms with Crippen molar-refractivity contribution in [1.82, 2.24) is 5.32 Å². The third-order valence-corrected chi connectivity index (χ3v) is 4.48. The highest BCUT2D eigenvalue weighted by Gasteiger charge is 2.19. The van der Waals surface area contributed by atoms with Crippen molar-refractivity contribution in [3.05, 3.63) is 102 Å². The lowest BCUT2D eigenvalue weighted by Gasteiger charge is -2.21. The van der Waals surface area contributed by atoms with Crippen LogP contribution in [0, 0.1) is 0 Å². The predicted molar refractivity (Wildman–Crippen MR) is 111 cm³/mol. The topological polar surface area (TPSA) is 67.8 Å². The Morgan fingerprint density at radius 2 is 1.52 bits per heavy atom. The molecular formula is C24H25NO4. The van der Waals surface area contributed by atoms with Crippen LogP contribution in [0.1, 0.15) is 29.7 Å². The predicted octanol–water partition coefficient (Wildman–Crippen LogP) is 4.61. The fraction of sp³-hybridized carbons (Fsp3) is 0.208. The molecule has 0 aliphatic carbocycles. The highest BCUT2D eigenvalue weighted by molar-refractivity contribution is 5.67. The number of aliphatic hydroxyl groups excluding tert-OH is 1. The number of alkyl carbamates (subject to hydrolysis) is 1. The van der Waals surface area contributed by atoms with Crippen molar-refractivity contribution in [3.8, 4) is 5.75 Å². The van der Waals surface area contributed by atoms with Crippen LogP contribution in [0.3, 0.4) is 0 Å². The SMILES string of the molecule is C[C@H](NC(=O)OCc1ccccc1)C(O)c1cccc(OCc2ccccc2)c1. The normalized spacial score (nSPS) is 12.6. The molecule has 5 nitrogen and oxygen atoms in total. The molecule has 0 aliphatic heterocycles. The average Bonchev–Trinajstić information content (AvgIpc) is 2.77. The molecule has 3 aromatic carbocycles. The molecule has 3 aromatic rings. The molecule has 2 atom stereocenters. The smallest absolute Gasteiger partial charge is 0.407 e. The number of aliphatic hydroxyl groups is 1. The van der Waals surface area contributed by atoms with Gasteiger partial charge in [0.2, 0.25) is 0 Å². The van der Waals surface area contributed by atoms with Crippen LogP contribution in [0.15, 0.2) is 84.9 Å². The number of amides is 1. The summed E-state index contributed by atoms with van der Waals surface area (Å²) in [6.07, 6.45) is -1.46. The van der Waals surface area contributed by atoms with Crippen molar-refractivity contribution in [2.24, 2.45) is 0 Å². The zero-order valence-corrected chi connectivity index (χ0v) is 16.3. The quantitative estimate of drug-likeness (QED) is 0.588. The van der Waals surface area contributed by atoms with Gasteiger partial charge < -0.3 is 19.9 Å². The lowest BCUT2D eigenvalue weighted by Crippen LogP contribution is -2.37. The molecule has 1 amide bonds. The molecule has 0 aromatic heterocycles. The molecule has 0 saturated heterocycles. The lowest BCUT2D eigenvalue weighted by atomic mass is 10.0. The zero-order chi connectivity index (χ0) is 20.5. The maximum Gasteiger partial charge on any atom is 0.407 e. The molecule has 3 rings (SSSR count). The standard InChI is InChI=1S/C24H25NO4/c1-18(25-24(27)29-17-20-11-6-3-7-12-20)23(26)21-13-8-14-22(15-21)28-16-19-9-4-2-5-10-19/h2-15,18,23,26H,16-17H2,1H3,(H,25,27)/t18-,23?/m0/s1. The first kappa shape index (κ1) is 20.4. The van der Waals surface area contributed by atoms with E-state index in [1.54, 1.807) is 19.1 Å². The second-order valence-electron chi connectivity index (χ2n) is 6.79. The number of carbonyl (C=O) groups excluding carboxylic acids is 1. The van der Waals surface area contributed by atoms with E-state index >= 15 is 0 Å². The summed E-state index contributed by atoms with van der Waals surface area (Å²) in [4.78, 5) is 12.0. The fourth-order valence-electron chi connectivity index (χ4n) is 2.85. The minimum atomic E-state index is -0.889. The Kier molecular flexibility index (Phi) is 7.25. The molecule has 2 N–H and O–H groups in total. The molecule has 0 radical (unpaired) electrons. The van der Waals surface area contributed by atoms with Crippen molar-refractivity contribution in [2.45, 2.75) is 32.3 Å². The number of ether oxygens (including phenoxy) is 2. The van der Waals surface area contributed by atoms with Crippen LogP contribution < -0.4 is 10.1 Å². The van der Waals surface area contributed by atoms with Gasteiger partial charge in [0.25, 0.3) is 0 Å². The second-order valence-corrected chi connectivity index (χ2v) is 6.79. The van der Waals surface area contributed by atoms with E-state index in [2.05, 4.69) is 5.32 Å². The van der Waals surface area contributed by atoms with Crippen LogP contribution in [0.4, 0.5) is 4.79 Å². The van der Waals surface area contributed by atoms with Gasteiger partial charge in [0, 0.05) is 0 Å². The van der Waals surface area contributed by atoms with Gasteiger partial charge in [-0.3, -0.25) is 0 Å². The summed E-state index contributed by atoms with van der Waals surface area (Å²) in [5, 5.41) is 13.3. The molecule has 0 bridgehead atoms. The van der Waals surface area contributed by atoms with Crippen molar-refractivity contribution in [1.29, 1.82) is 0 Å². The second kappa shape index (κ2) is 10.3. The zero-order valence-electron chi connectivity index (χ0n) is 16.3. The number of benzene rings is 3. The van der Waals surface area contributed by atoms with E-state index in [-0.39, 0.29) is 6.61 Å². The van der Waals surface area contributed by atoms with E-state index in [1.165, 1.54) is 0 Å². The molecule has 0 aliphatic rings. The fourth-order valence-corrected chi connectivity index (χ4v) is 2.85.